The molecule has 0 bridgehead atoms. The lowest BCUT2D eigenvalue weighted by atomic mass is 10.5. The molecule has 0 aromatic rings. The summed E-state index contributed by atoms with van der Waals surface area (Å²) in [4.78, 5) is 9.00. The second-order valence-corrected chi connectivity index (χ2v) is 3.39. The van der Waals surface area contributed by atoms with E-state index < -0.39 is 5.97 Å². The predicted octanol–water partition coefficient (Wildman–Crippen LogP) is 0.528. The summed E-state index contributed by atoms with van der Waals surface area (Å²) in [6, 6.07) is 0. The van der Waals surface area contributed by atoms with E-state index in [1.807, 2.05) is 13.8 Å². The number of carboxylic acid groups (broad SMARTS) is 1. The average molecular weight is 252 g/mol. The highest BCUT2D eigenvalue weighted by Gasteiger charge is 1.93. The first-order valence-electron chi connectivity index (χ1n) is 5.58. The van der Waals surface area contributed by atoms with Gasteiger partial charge in [-0.25, -0.2) is 0 Å². The molecular formula is C11H24O6. The standard InChI is InChI=1S/C9H20O4.C2H4O2/c1-9(2)13-8-7-12-6-5-11-4-3-10;1-2(3)4/h9-10H,3-8H2,1-2H3;1H3,(H,3,4). The van der Waals surface area contributed by atoms with Crippen LogP contribution in [0, 0.1) is 0 Å². The van der Waals surface area contributed by atoms with Crippen LogP contribution in [0.25, 0.3) is 0 Å². The van der Waals surface area contributed by atoms with Crippen LogP contribution in [0.1, 0.15) is 20.8 Å². The van der Waals surface area contributed by atoms with Gasteiger partial charge in [0, 0.05) is 6.92 Å². The van der Waals surface area contributed by atoms with Crippen LogP contribution in [0.5, 0.6) is 0 Å². The number of carboxylic acids is 1. The van der Waals surface area contributed by atoms with Gasteiger partial charge in [0.2, 0.25) is 0 Å². The normalized spacial score (nSPS) is 9.94. The first-order valence-corrected chi connectivity index (χ1v) is 5.58. The lowest BCUT2D eigenvalue weighted by Crippen LogP contribution is -2.12. The summed E-state index contributed by atoms with van der Waals surface area (Å²) in [5, 5.41) is 15.8. The summed E-state index contributed by atoms with van der Waals surface area (Å²) in [5.41, 5.74) is 0. The smallest absolute Gasteiger partial charge is 0.300 e. The summed E-state index contributed by atoms with van der Waals surface area (Å²) in [6.07, 6.45) is 0.259. The van der Waals surface area contributed by atoms with Gasteiger partial charge in [-0.05, 0) is 13.8 Å². The molecule has 0 spiro atoms. The van der Waals surface area contributed by atoms with E-state index in [0.717, 1.165) is 6.92 Å². The first-order chi connectivity index (χ1) is 8.00. The Morgan fingerprint density at radius 1 is 1.06 bits per heavy atom. The molecule has 0 aliphatic heterocycles. The van der Waals surface area contributed by atoms with E-state index in [1.165, 1.54) is 0 Å². The van der Waals surface area contributed by atoms with E-state index in [-0.39, 0.29) is 12.7 Å². The molecule has 0 radical (unpaired) electrons. The van der Waals surface area contributed by atoms with Crippen LogP contribution in [0.3, 0.4) is 0 Å². The van der Waals surface area contributed by atoms with E-state index in [4.69, 9.17) is 29.2 Å². The molecule has 0 aromatic heterocycles. The third kappa shape index (κ3) is 31.3. The Morgan fingerprint density at radius 3 is 1.88 bits per heavy atom. The molecule has 0 rings (SSSR count). The molecule has 17 heavy (non-hydrogen) atoms. The van der Waals surface area contributed by atoms with Crippen molar-refractivity contribution in [1.29, 1.82) is 0 Å². The number of aliphatic hydroxyl groups is 1. The number of ether oxygens (including phenoxy) is 3. The summed E-state index contributed by atoms with van der Waals surface area (Å²) >= 11 is 0. The Hall–Kier alpha value is -0.690. The van der Waals surface area contributed by atoms with Crippen LogP contribution in [-0.4, -0.2) is 61.9 Å². The van der Waals surface area contributed by atoms with Crippen LogP contribution in [-0.2, 0) is 19.0 Å². The number of aliphatic hydroxyl groups excluding tert-OH is 1. The Morgan fingerprint density at radius 2 is 1.47 bits per heavy atom. The Bertz CT molecular complexity index is 156. The second kappa shape index (κ2) is 15.3. The van der Waals surface area contributed by atoms with Crippen molar-refractivity contribution in [2.24, 2.45) is 0 Å². The third-order valence-corrected chi connectivity index (χ3v) is 1.29. The lowest BCUT2D eigenvalue weighted by molar-refractivity contribution is -0.134. The number of aliphatic carboxylic acids is 1. The highest BCUT2D eigenvalue weighted by atomic mass is 16.5. The van der Waals surface area contributed by atoms with Gasteiger partial charge in [-0.3, -0.25) is 4.79 Å². The van der Waals surface area contributed by atoms with Gasteiger partial charge in [-0.1, -0.05) is 0 Å². The molecule has 0 amide bonds. The van der Waals surface area contributed by atoms with Crippen LogP contribution in [0.15, 0.2) is 0 Å². The minimum Gasteiger partial charge on any atom is -0.481 e. The zero-order valence-corrected chi connectivity index (χ0v) is 10.8. The fourth-order valence-corrected chi connectivity index (χ4v) is 0.729. The Kier molecular flexibility index (Phi) is 16.8. The SMILES string of the molecule is CC(=O)O.CC(C)OCCOCCOCCO. The predicted molar refractivity (Wildman–Crippen MR) is 63.1 cm³/mol. The van der Waals surface area contributed by atoms with Gasteiger partial charge in [0.1, 0.15) is 0 Å². The molecule has 6 heteroatoms. The molecule has 0 unspecified atom stereocenters. The first kappa shape index (κ1) is 18.7. The molecule has 0 saturated heterocycles. The van der Waals surface area contributed by atoms with Crippen molar-refractivity contribution < 1.29 is 29.2 Å². The molecule has 0 aliphatic carbocycles. The molecule has 0 fully saturated rings. The van der Waals surface area contributed by atoms with E-state index >= 15 is 0 Å². The number of rotatable bonds is 9. The molecule has 104 valence electrons. The van der Waals surface area contributed by atoms with Crippen molar-refractivity contribution in [3.8, 4) is 0 Å². The lowest BCUT2D eigenvalue weighted by Gasteiger charge is -2.07. The topological polar surface area (TPSA) is 85.2 Å². The van der Waals surface area contributed by atoms with Gasteiger partial charge in [-0.2, -0.15) is 0 Å². The third-order valence-electron chi connectivity index (χ3n) is 1.29. The maximum absolute atomic E-state index is 9.00. The number of carbonyl (C=O) groups is 1. The zero-order valence-electron chi connectivity index (χ0n) is 10.8. The van der Waals surface area contributed by atoms with Crippen LogP contribution >= 0.6 is 0 Å². The molecule has 6 nitrogen and oxygen atoms in total. The minimum absolute atomic E-state index is 0.0659. The van der Waals surface area contributed by atoms with E-state index in [0.29, 0.717) is 33.0 Å². The van der Waals surface area contributed by atoms with Gasteiger partial charge < -0.3 is 24.4 Å². The average Bonchev–Trinajstić information content (AvgIpc) is 2.21. The summed E-state index contributed by atoms with van der Waals surface area (Å²) in [5.74, 6) is -0.833. The second-order valence-electron chi connectivity index (χ2n) is 3.39. The molecule has 0 heterocycles. The summed E-state index contributed by atoms with van der Waals surface area (Å²) in [7, 11) is 0. The van der Waals surface area contributed by atoms with Crippen molar-refractivity contribution in [2.75, 3.05) is 39.6 Å². The monoisotopic (exact) mass is 252 g/mol. The van der Waals surface area contributed by atoms with Crippen molar-refractivity contribution in [3.63, 3.8) is 0 Å². The van der Waals surface area contributed by atoms with Gasteiger partial charge in [0.25, 0.3) is 5.97 Å². The molecular weight excluding hydrogens is 228 g/mol. The van der Waals surface area contributed by atoms with Gasteiger partial charge >= 0.3 is 0 Å². The van der Waals surface area contributed by atoms with Crippen molar-refractivity contribution in [2.45, 2.75) is 26.9 Å². The van der Waals surface area contributed by atoms with Gasteiger partial charge in [0.05, 0.1) is 45.7 Å². The maximum atomic E-state index is 9.00. The zero-order chi connectivity index (χ0) is 13.5. The maximum Gasteiger partial charge on any atom is 0.300 e. The summed E-state index contributed by atoms with van der Waals surface area (Å²) < 4.78 is 15.5. The van der Waals surface area contributed by atoms with E-state index in [1.54, 1.807) is 0 Å². The Balaban J connectivity index is 0. The van der Waals surface area contributed by atoms with E-state index in [2.05, 4.69) is 0 Å². The van der Waals surface area contributed by atoms with Crippen molar-refractivity contribution in [3.05, 3.63) is 0 Å². The number of hydrogen-bond acceptors (Lipinski definition) is 5. The summed E-state index contributed by atoms with van der Waals surface area (Å²) in [6.45, 7) is 7.82. The van der Waals surface area contributed by atoms with E-state index in [9.17, 15) is 0 Å². The quantitative estimate of drug-likeness (QED) is 0.582. The minimum atomic E-state index is -0.833. The van der Waals surface area contributed by atoms with Crippen molar-refractivity contribution >= 4 is 5.97 Å². The van der Waals surface area contributed by atoms with Gasteiger partial charge in [0.15, 0.2) is 0 Å². The highest BCUT2D eigenvalue weighted by molar-refractivity contribution is 5.62. The van der Waals surface area contributed by atoms with Crippen molar-refractivity contribution in [1.82, 2.24) is 0 Å². The molecule has 0 aliphatic rings. The van der Waals surface area contributed by atoms with Crippen LogP contribution in [0.4, 0.5) is 0 Å². The molecule has 0 aromatic carbocycles. The molecule has 0 atom stereocenters. The van der Waals surface area contributed by atoms with Crippen LogP contribution in [0.2, 0.25) is 0 Å². The Labute approximate surface area is 102 Å². The fraction of sp³-hybridized carbons (Fsp3) is 0.909. The fourth-order valence-electron chi connectivity index (χ4n) is 0.729. The molecule has 0 saturated carbocycles. The highest BCUT2D eigenvalue weighted by Crippen LogP contribution is 1.87. The number of hydrogen-bond donors (Lipinski definition) is 2. The van der Waals surface area contributed by atoms with Gasteiger partial charge in [-0.15, -0.1) is 0 Å². The largest absolute Gasteiger partial charge is 0.481 e. The van der Waals surface area contributed by atoms with Crippen LogP contribution < -0.4 is 0 Å². The molecule has 2 N–H and O–H groups in total.